The summed E-state index contributed by atoms with van der Waals surface area (Å²) in [5, 5.41) is 13.6. The third-order valence-electron chi connectivity index (χ3n) is 2.77. The number of aliphatic hydroxyl groups is 1. The highest BCUT2D eigenvalue weighted by Gasteiger charge is 2.34. The lowest BCUT2D eigenvalue weighted by Gasteiger charge is -2.12. The van der Waals surface area contributed by atoms with Gasteiger partial charge in [-0.1, -0.05) is 12.1 Å². The number of nitrogens with one attached hydrogen (secondary N) is 2. The molecule has 0 fully saturated rings. The van der Waals surface area contributed by atoms with Gasteiger partial charge < -0.3 is 15.7 Å². The lowest BCUT2D eigenvalue weighted by atomic mass is 10.1. The average molecular weight is 318 g/mol. The Hall–Kier alpha value is -2.09. The summed E-state index contributed by atoms with van der Waals surface area (Å²) in [7, 11) is 0. The van der Waals surface area contributed by atoms with Crippen molar-refractivity contribution in [3.63, 3.8) is 0 Å². The SMILES string of the molecule is CC(O)CCNC(=O)CNC(=O)c1ccccc1C(F)(F)F. The van der Waals surface area contributed by atoms with E-state index >= 15 is 0 Å². The van der Waals surface area contributed by atoms with E-state index in [0.717, 1.165) is 12.1 Å². The van der Waals surface area contributed by atoms with Crippen LogP contribution in [-0.2, 0) is 11.0 Å². The van der Waals surface area contributed by atoms with Crippen LogP contribution in [-0.4, -0.2) is 36.1 Å². The zero-order valence-corrected chi connectivity index (χ0v) is 11.9. The summed E-state index contributed by atoms with van der Waals surface area (Å²) in [6.45, 7) is 1.33. The number of alkyl halides is 3. The molecule has 0 aromatic heterocycles. The lowest BCUT2D eigenvalue weighted by Crippen LogP contribution is -2.38. The quantitative estimate of drug-likeness (QED) is 0.740. The molecular formula is C14H17F3N2O3. The van der Waals surface area contributed by atoms with Gasteiger partial charge in [-0.15, -0.1) is 0 Å². The summed E-state index contributed by atoms with van der Waals surface area (Å²) in [5.41, 5.74) is -1.59. The summed E-state index contributed by atoms with van der Waals surface area (Å²) < 4.78 is 38.3. The number of aliphatic hydroxyl groups excluding tert-OH is 1. The Balaban J connectivity index is 2.58. The molecule has 3 N–H and O–H groups in total. The van der Waals surface area contributed by atoms with Crippen molar-refractivity contribution in [2.24, 2.45) is 0 Å². The van der Waals surface area contributed by atoms with Gasteiger partial charge >= 0.3 is 6.18 Å². The number of benzene rings is 1. The summed E-state index contributed by atoms with van der Waals surface area (Å²) in [6.07, 6.45) is -4.88. The van der Waals surface area contributed by atoms with E-state index in [1.54, 1.807) is 6.92 Å². The largest absolute Gasteiger partial charge is 0.417 e. The first-order chi connectivity index (χ1) is 10.2. The van der Waals surface area contributed by atoms with Crippen LogP contribution in [0.3, 0.4) is 0 Å². The lowest BCUT2D eigenvalue weighted by molar-refractivity contribution is -0.137. The highest BCUT2D eigenvalue weighted by atomic mass is 19.4. The fourth-order valence-corrected chi connectivity index (χ4v) is 1.67. The second-order valence-corrected chi connectivity index (χ2v) is 4.71. The fourth-order valence-electron chi connectivity index (χ4n) is 1.67. The van der Waals surface area contributed by atoms with Crippen LogP contribution in [0.4, 0.5) is 13.2 Å². The molecule has 1 aromatic rings. The third kappa shape index (κ3) is 5.72. The molecule has 0 aliphatic carbocycles. The maximum Gasteiger partial charge on any atom is 0.417 e. The predicted octanol–water partition coefficient (Wildman–Crippen LogP) is 1.32. The van der Waals surface area contributed by atoms with Crippen molar-refractivity contribution in [1.29, 1.82) is 0 Å². The molecule has 1 unspecified atom stereocenters. The molecule has 2 amide bonds. The number of carbonyl (C=O) groups excluding carboxylic acids is 2. The van der Waals surface area contributed by atoms with Gasteiger partial charge in [0.15, 0.2) is 0 Å². The Morgan fingerprint density at radius 3 is 2.45 bits per heavy atom. The number of halogens is 3. The van der Waals surface area contributed by atoms with E-state index in [0.29, 0.717) is 6.42 Å². The Labute approximate surface area is 125 Å². The molecule has 0 aliphatic heterocycles. The molecule has 0 heterocycles. The van der Waals surface area contributed by atoms with Gasteiger partial charge in [0.1, 0.15) is 0 Å². The fraction of sp³-hybridized carbons (Fsp3) is 0.429. The minimum atomic E-state index is -4.65. The molecule has 0 saturated heterocycles. The zero-order valence-electron chi connectivity index (χ0n) is 11.9. The number of carbonyl (C=O) groups is 2. The predicted molar refractivity (Wildman–Crippen MR) is 73.1 cm³/mol. The molecule has 122 valence electrons. The van der Waals surface area contributed by atoms with E-state index in [-0.39, 0.29) is 6.54 Å². The van der Waals surface area contributed by atoms with Gasteiger partial charge in [0.05, 0.1) is 23.8 Å². The summed E-state index contributed by atoms with van der Waals surface area (Å²) >= 11 is 0. The second-order valence-electron chi connectivity index (χ2n) is 4.71. The normalized spacial score (nSPS) is 12.6. The minimum absolute atomic E-state index is 0.214. The average Bonchev–Trinajstić information content (AvgIpc) is 2.43. The molecule has 0 saturated carbocycles. The third-order valence-corrected chi connectivity index (χ3v) is 2.77. The summed E-state index contributed by atoms with van der Waals surface area (Å²) in [4.78, 5) is 23.2. The van der Waals surface area contributed by atoms with Crippen LogP contribution < -0.4 is 10.6 Å². The molecular weight excluding hydrogens is 301 g/mol. The molecule has 0 bridgehead atoms. The van der Waals surface area contributed by atoms with E-state index in [1.165, 1.54) is 12.1 Å². The molecule has 1 rings (SSSR count). The van der Waals surface area contributed by atoms with Gasteiger partial charge in [-0.2, -0.15) is 13.2 Å². The van der Waals surface area contributed by atoms with E-state index in [9.17, 15) is 22.8 Å². The Morgan fingerprint density at radius 1 is 1.23 bits per heavy atom. The molecule has 22 heavy (non-hydrogen) atoms. The van der Waals surface area contributed by atoms with Gasteiger partial charge in [0.2, 0.25) is 5.91 Å². The Morgan fingerprint density at radius 2 is 1.86 bits per heavy atom. The minimum Gasteiger partial charge on any atom is -0.393 e. The molecule has 1 atom stereocenters. The Bertz CT molecular complexity index is 530. The van der Waals surface area contributed by atoms with Gasteiger partial charge in [-0.25, -0.2) is 0 Å². The van der Waals surface area contributed by atoms with Crippen molar-refractivity contribution >= 4 is 11.8 Å². The topological polar surface area (TPSA) is 78.4 Å². The van der Waals surface area contributed by atoms with E-state index in [2.05, 4.69) is 10.6 Å². The van der Waals surface area contributed by atoms with Crippen LogP contribution in [0, 0.1) is 0 Å². The van der Waals surface area contributed by atoms with Crippen molar-refractivity contribution in [2.75, 3.05) is 13.1 Å². The van der Waals surface area contributed by atoms with E-state index in [1.807, 2.05) is 0 Å². The number of amides is 2. The number of hydrogen-bond acceptors (Lipinski definition) is 3. The van der Waals surface area contributed by atoms with Crippen molar-refractivity contribution < 1.29 is 27.9 Å². The smallest absolute Gasteiger partial charge is 0.393 e. The van der Waals surface area contributed by atoms with Crippen molar-refractivity contribution in [1.82, 2.24) is 10.6 Å². The number of hydrogen-bond donors (Lipinski definition) is 3. The van der Waals surface area contributed by atoms with Crippen LogP contribution in [0.25, 0.3) is 0 Å². The first-order valence-electron chi connectivity index (χ1n) is 6.61. The summed E-state index contributed by atoms with van der Waals surface area (Å²) in [6, 6.07) is 4.34. The van der Waals surface area contributed by atoms with Crippen molar-refractivity contribution in [3.05, 3.63) is 35.4 Å². The maximum absolute atomic E-state index is 12.8. The molecule has 8 heteroatoms. The summed E-state index contributed by atoms with van der Waals surface area (Å²) in [5.74, 6) is -1.52. The highest BCUT2D eigenvalue weighted by Crippen LogP contribution is 2.31. The standard InChI is InChI=1S/C14H17F3N2O3/c1-9(20)6-7-18-12(21)8-19-13(22)10-4-2-3-5-11(10)14(15,16)17/h2-5,9,20H,6-8H2,1H3,(H,18,21)(H,19,22). The van der Waals surface area contributed by atoms with Crippen LogP contribution in [0.15, 0.2) is 24.3 Å². The Kier molecular flexibility index (Phi) is 6.36. The number of rotatable bonds is 6. The van der Waals surface area contributed by atoms with Crippen molar-refractivity contribution in [2.45, 2.75) is 25.6 Å². The molecule has 0 aliphatic rings. The second kappa shape index (κ2) is 7.79. The molecule has 0 spiro atoms. The van der Waals surface area contributed by atoms with Crippen LogP contribution in [0.1, 0.15) is 29.3 Å². The maximum atomic E-state index is 12.8. The van der Waals surface area contributed by atoms with Gasteiger partial charge in [-0.3, -0.25) is 9.59 Å². The molecule has 0 radical (unpaired) electrons. The monoisotopic (exact) mass is 318 g/mol. The van der Waals surface area contributed by atoms with Crippen LogP contribution >= 0.6 is 0 Å². The zero-order chi connectivity index (χ0) is 16.8. The van der Waals surface area contributed by atoms with E-state index < -0.39 is 41.8 Å². The first kappa shape index (κ1) is 18.0. The molecule has 1 aromatic carbocycles. The molecule has 5 nitrogen and oxygen atoms in total. The van der Waals surface area contributed by atoms with Crippen molar-refractivity contribution in [3.8, 4) is 0 Å². The highest BCUT2D eigenvalue weighted by molar-refractivity contribution is 5.97. The van der Waals surface area contributed by atoms with E-state index in [4.69, 9.17) is 5.11 Å². The van der Waals surface area contributed by atoms with Gasteiger partial charge in [0.25, 0.3) is 5.91 Å². The first-order valence-corrected chi connectivity index (χ1v) is 6.61. The van der Waals surface area contributed by atoms with Crippen LogP contribution in [0.2, 0.25) is 0 Å². The van der Waals surface area contributed by atoms with Gasteiger partial charge in [0, 0.05) is 6.54 Å². The van der Waals surface area contributed by atoms with Gasteiger partial charge in [-0.05, 0) is 25.5 Å². The van der Waals surface area contributed by atoms with Crippen LogP contribution in [0.5, 0.6) is 0 Å².